The highest BCUT2D eigenvalue weighted by atomic mass is 19.1. The summed E-state index contributed by atoms with van der Waals surface area (Å²) in [6, 6.07) is 5.69. The number of piperidine rings is 2. The van der Waals surface area contributed by atoms with Crippen LogP contribution in [0, 0.1) is 29.0 Å². The van der Waals surface area contributed by atoms with Gasteiger partial charge in [-0.2, -0.15) is 0 Å². The molecule has 1 aromatic carbocycles. The monoisotopic (exact) mass is 568 g/mol. The van der Waals surface area contributed by atoms with Crippen molar-refractivity contribution in [3.63, 3.8) is 0 Å². The van der Waals surface area contributed by atoms with Crippen molar-refractivity contribution in [1.82, 2.24) is 20.4 Å². The smallest absolute Gasteiger partial charge is 0.245 e. The molecule has 1 aromatic rings. The molecule has 0 spiro atoms. The topological polar surface area (TPSA) is 81.8 Å². The molecule has 226 valence electrons. The van der Waals surface area contributed by atoms with E-state index in [1.54, 1.807) is 12.1 Å². The van der Waals surface area contributed by atoms with E-state index in [-0.39, 0.29) is 41.0 Å². The molecule has 1 unspecified atom stereocenters. The molecule has 2 heterocycles. The number of carbonyl (C=O) groups is 3. The second-order valence-corrected chi connectivity index (χ2v) is 14.4. The molecule has 41 heavy (non-hydrogen) atoms. The molecular weight excluding hydrogens is 519 g/mol. The van der Waals surface area contributed by atoms with Crippen molar-refractivity contribution in [2.45, 2.75) is 103 Å². The molecule has 0 aromatic heterocycles. The lowest BCUT2D eigenvalue weighted by Crippen LogP contribution is -2.59. The number of likely N-dealkylation sites (tertiary alicyclic amines) is 2. The summed E-state index contributed by atoms with van der Waals surface area (Å²) in [6.45, 7) is 8.10. The third-order valence-corrected chi connectivity index (χ3v) is 10.3. The van der Waals surface area contributed by atoms with Gasteiger partial charge in [-0.25, -0.2) is 4.39 Å². The van der Waals surface area contributed by atoms with Crippen molar-refractivity contribution in [1.29, 1.82) is 0 Å². The minimum atomic E-state index is -0.719. The van der Waals surface area contributed by atoms with Gasteiger partial charge in [-0.3, -0.25) is 14.4 Å². The molecule has 3 amide bonds. The maximum Gasteiger partial charge on any atom is 0.245 e. The molecule has 5 rings (SSSR count). The average molecular weight is 569 g/mol. The Kier molecular flexibility index (Phi) is 8.79. The number of hydrogen-bond acceptors (Lipinski definition) is 4. The lowest BCUT2D eigenvalue weighted by atomic mass is 9.63. The van der Waals surface area contributed by atoms with Gasteiger partial charge in [0, 0.05) is 37.6 Å². The van der Waals surface area contributed by atoms with Gasteiger partial charge in [0.1, 0.15) is 11.9 Å². The van der Waals surface area contributed by atoms with E-state index in [2.05, 4.69) is 22.6 Å². The molecule has 2 bridgehead atoms. The third-order valence-electron chi connectivity index (χ3n) is 10.3. The Hall–Kier alpha value is -2.48. The number of nitrogens with zero attached hydrogens (tertiary/aromatic N) is 2. The Bertz CT molecular complexity index is 1100. The van der Waals surface area contributed by atoms with E-state index in [0.29, 0.717) is 44.2 Å². The summed E-state index contributed by atoms with van der Waals surface area (Å²) in [5.41, 5.74) is 0.0333. The van der Waals surface area contributed by atoms with Crippen LogP contribution < -0.4 is 10.6 Å². The van der Waals surface area contributed by atoms with Crippen molar-refractivity contribution in [3.05, 3.63) is 35.6 Å². The van der Waals surface area contributed by atoms with Crippen LogP contribution in [0.3, 0.4) is 0 Å². The van der Waals surface area contributed by atoms with Crippen LogP contribution in [0.4, 0.5) is 4.39 Å². The van der Waals surface area contributed by atoms with Gasteiger partial charge in [-0.15, -0.1) is 0 Å². The third kappa shape index (κ3) is 6.63. The van der Waals surface area contributed by atoms with E-state index in [9.17, 15) is 18.8 Å². The number of hydrogen-bond donors (Lipinski definition) is 2. The molecule has 4 fully saturated rings. The van der Waals surface area contributed by atoms with Gasteiger partial charge >= 0.3 is 0 Å². The van der Waals surface area contributed by atoms with Crippen molar-refractivity contribution in [3.8, 4) is 0 Å². The van der Waals surface area contributed by atoms with Crippen molar-refractivity contribution in [2.75, 3.05) is 26.7 Å². The molecule has 2 aliphatic heterocycles. The van der Waals surface area contributed by atoms with Crippen LogP contribution >= 0.6 is 0 Å². The van der Waals surface area contributed by atoms with E-state index in [1.807, 2.05) is 25.7 Å². The number of rotatable bonds is 7. The van der Waals surface area contributed by atoms with Gasteiger partial charge in [0.05, 0.1) is 11.3 Å². The zero-order chi connectivity index (χ0) is 29.4. The van der Waals surface area contributed by atoms with Gasteiger partial charge in [0.2, 0.25) is 17.7 Å². The van der Waals surface area contributed by atoms with E-state index in [1.165, 1.54) is 18.6 Å². The minimum absolute atomic E-state index is 0.0531. The summed E-state index contributed by atoms with van der Waals surface area (Å²) in [4.78, 5) is 45.5. The van der Waals surface area contributed by atoms with Crippen LogP contribution in [0.15, 0.2) is 24.3 Å². The van der Waals surface area contributed by atoms with Crippen LogP contribution in [0.5, 0.6) is 0 Å². The minimum Gasteiger partial charge on any atom is -0.351 e. The Morgan fingerprint density at radius 3 is 2.27 bits per heavy atom. The summed E-state index contributed by atoms with van der Waals surface area (Å²) in [6.07, 6.45) is 9.16. The second kappa shape index (κ2) is 12.0. The first-order valence-corrected chi connectivity index (χ1v) is 15.8. The van der Waals surface area contributed by atoms with Gasteiger partial charge < -0.3 is 20.4 Å². The first kappa shape index (κ1) is 30.0. The number of benzene rings is 1. The highest BCUT2D eigenvalue weighted by molar-refractivity contribution is 5.90. The second-order valence-electron chi connectivity index (χ2n) is 14.4. The molecular formula is C33H49FN4O3. The molecule has 2 N–H and O–H groups in total. The maximum absolute atomic E-state index is 14.1. The average Bonchev–Trinajstić information content (AvgIpc) is 3.53. The quantitative estimate of drug-likeness (QED) is 0.514. The fraction of sp³-hybridized carbons (Fsp3) is 0.727. The summed E-state index contributed by atoms with van der Waals surface area (Å²) >= 11 is 0. The number of amides is 3. The number of halogens is 1. The van der Waals surface area contributed by atoms with Gasteiger partial charge in [-0.05, 0) is 95.9 Å². The first-order valence-electron chi connectivity index (χ1n) is 15.8. The van der Waals surface area contributed by atoms with E-state index in [0.717, 1.165) is 50.6 Å². The van der Waals surface area contributed by atoms with Crippen LogP contribution in [-0.2, 0) is 20.8 Å². The lowest BCUT2D eigenvalue weighted by molar-refractivity contribution is -0.147. The fourth-order valence-corrected chi connectivity index (χ4v) is 8.20. The summed E-state index contributed by atoms with van der Waals surface area (Å²) in [5.74, 6) is 0.412. The predicted molar refractivity (Wildman–Crippen MR) is 157 cm³/mol. The lowest BCUT2D eigenvalue weighted by Gasteiger charge is -2.48. The van der Waals surface area contributed by atoms with Crippen molar-refractivity contribution >= 4 is 17.7 Å². The van der Waals surface area contributed by atoms with E-state index >= 15 is 0 Å². The highest BCUT2D eigenvalue weighted by Gasteiger charge is 2.50. The molecule has 8 heteroatoms. The largest absolute Gasteiger partial charge is 0.351 e. The van der Waals surface area contributed by atoms with Crippen LogP contribution in [0.25, 0.3) is 0 Å². The standard InChI is InChI=1S/C33H49FN4O3/c1-32(2,3)36-31(41)33(24-8-6-5-7-9-24)14-16-38(17-15-33)30(40)27(19-22-10-12-25(34)13-11-22)35-29(39)26-18-23-20-28(26)37(4)21-23/h10-13,23-24,26-28H,5-9,14-21H2,1-4H3,(H,35,39)(H,36,41)/t23-,26?,27+,28-/m0/s1. The Morgan fingerprint density at radius 1 is 1.02 bits per heavy atom. The van der Waals surface area contributed by atoms with Crippen LogP contribution in [0.1, 0.15) is 84.1 Å². The fourth-order valence-electron chi connectivity index (χ4n) is 8.20. The molecule has 2 aliphatic carbocycles. The molecule has 4 aliphatic rings. The summed E-state index contributed by atoms with van der Waals surface area (Å²) in [5, 5.41) is 6.40. The molecule has 2 saturated heterocycles. The van der Waals surface area contributed by atoms with Gasteiger partial charge in [-0.1, -0.05) is 31.4 Å². The molecule has 2 saturated carbocycles. The Morgan fingerprint density at radius 2 is 1.68 bits per heavy atom. The number of carbonyl (C=O) groups excluding carboxylic acids is 3. The van der Waals surface area contributed by atoms with Gasteiger partial charge in [0.15, 0.2) is 0 Å². The first-order chi connectivity index (χ1) is 19.4. The molecule has 4 atom stereocenters. The molecule has 7 nitrogen and oxygen atoms in total. The van der Waals surface area contributed by atoms with Crippen molar-refractivity contribution < 1.29 is 18.8 Å². The SMILES string of the molecule is CN1C[C@H]2CC(C(=O)N[C@H](Cc3ccc(F)cc3)C(=O)N3CCC(C(=O)NC(C)(C)C)(C4CCCCC4)CC3)[C@@H]1C2. The van der Waals surface area contributed by atoms with Crippen LogP contribution in [0.2, 0.25) is 0 Å². The number of nitrogens with one attached hydrogen (secondary N) is 2. The van der Waals surface area contributed by atoms with Crippen molar-refractivity contribution in [2.24, 2.45) is 23.2 Å². The van der Waals surface area contributed by atoms with E-state index in [4.69, 9.17) is 0 Å². The van der Waals surface area contributed by atoms with Crippen LogP contribution in [-0.4, -0.2) is 71.8 Å². The van der Waals surface area contributed by atoms with E-state index < -0.39 is 11.5 Å². The zero-order valence-corrected chi connectivity index (χ0v) is 25.4. The summed E-state index contributed by atoms with van der Waals surface area (Å²) < 4.78 is 13.6. The predicted octanol–water partition coefficient (Wildman–Crippen LogP) is 4.30. The normalized spacial score (nSPS) is 27.4. The Labute approximate surface area is 245 Å². The molecule has 0 radical (unpaired) electrons. The summed E-state index contributed by atoms with van der Waals surface area (Å²) in [7, 11) is 2.08. The maximum atomic E-state index is 14.1. The van der Waals surface area contributed by atoms with Gasteiger partial charge in [0.25, 0.3) is 0 Å². The Balaban J connectivity index is 1.31. The highest BCUT2D eigenvalue weighted by Crippen LogP contribution is 2.46. The number of fused-ring (bicyclic) bond motifs is 2. The zero-order valence-electron chi connectivity index (χ0n) is 25.4.